The maximum atomic E-state index is 12.6. The van der Waals surface area contributed by atoms with Crippen molar-refractivity contribution in [1.82, 2.24) is 5.32 Å². The van der Waals surface area contributed by atoms with E-state index in [1.807, 2.05) is 26.0 Å². The largest absolute Gasteiger partial charge is 0.490 e. The van der Waals surface area contributed by atoms with Crippen LogP contribution in [0.15, 0.2) is 40.9 Å². The van der Waals surface area contributed by atoms with Crippen LogP contribution < -0.4 is 15.4 Å². The summed E-state index contributed by atoms with van der Waals surface area (Å²) in [7, 11) is 0. The molecule has 0 fully saturated rings. The number of fused-ring (bicyclic) bond motifs is 1. The highest BCUT2D eigenvalue weighted by molar-refractivity contribution is 9.10. The van der Waals surface area contributed by atoms with Crippen molar-refractivity contribution in [3.05, 3.63) is 57.6 Å². The monoisotopic (exact) mass is 416 g/mol. The zero-order chi connectivity index (χ0) is 18.9. The Hall–Kier alpha value is -1.85. The van der Waals surface area contributed by atoms with E-state index in [9.17, 15) is 4.79 Å². The van der Waals surface area contributed by atoms with Crippen LogP contribution in [0.1, 0.15) is 49.2 Å². The summed E-state index contributed by atoms with van der Waals surface area (Å²) in [6.45, 7) is 9.17. The predicted molar refractivity (Wildman–Crippen MR) is 109 cm³/mol. The SMILES string of the molecule is CC(C)Oc1ccc(C(=O)Nc2ccc3c(c2)CNC(C)(C)C3)cc1Br. The average Bonchev–Trinajstić information content (AvgIpc) is 2.56. The number of halogens is 1. The van der Waals surface area contributed by atoms with Gasteiger partial charge in [-0.25, -0.2) is 0 Å². The van der Waals surface area contributed by atoms with Gasteiger partial charge in [0.1, 0.15) is 5.75 Å². The summed E-state index contributed by atoms with van der Waals surface area (Å²) in [6.07, 6.45) is 1.07. The summed E-state index contributed by atoms with van der Waals surface area (Å²) >= 11 is 3.48. The Labute approximate surface area is 163 Å². The van der Waals surface area contributed by atoms with E-state index >= 15 is 0 Å². The summed E-state index contributed by atoms with van der Waals surface area (Å²) in [4.78, 5) is 12.6. The number of hydrogen-bond acceptors (Lipinski definition) is 3. The molecule has 0 spiro atoms. The molecule has 1 aliphatic rings. The van der Waals surface area contributed by atoms with Crippen molar-refractivity contribution in [2.24, 2.45) is 0 Å². The van der Waals surface area contributed by atoms with Crippen molar-refractivity contribution >= 4 is 27.5 Å². The maximum absolute atomic E-state index is 12.6. The third kappa shape index (κ3) is 4.46. The van der Waals surface area contributed by atoms with Crippen molar-refractivity contribution in [3.8, 4) is 5.75 Å². The Kier molecular flexibility index (Phi) is 5.39. The Morgan fingerprint density at radius 3 is 2.65 bits per heavy atom. The van der Waals surface area contributed by atoms with Crippen LogP contribution in [0.5, 0.6) is 5.75 Å². The first kappa shape index (κ1) is 18.9. The van der Waals surface area contributed by atoms with Gasteiger partial charge in [0.25, 0.3) is 5.91 Å². The van der Waals surface area contributed by atoms with Crippen LogP contribution in [0.3, 0.4) is 0 Å². The van der Waals surface area contributed by atoms with E-state index in [4.69, 9.17) is 4.74 Å². The second-order valence-electron chi connectivity index (χ2n) is 7.66. The molecule has 0 saturated carbocycles. The van der Waals surface area contributed by atoms with E-state index in [1.54, 1.807) is 12.1 Å². The minimum Gasteiger partial charge on any atom is -0.490 e. The highest BCUT2D eigenvalue weighted by atomic mass is 79.9. The number of amides is 1. The molecule has 0 radical (unpaired) electrons. The van der Waals surface area contributed by atoms with E-state index in [1.165, 1.54) is 11.1 Å². The van der Waals surface area contributed by atoms with Crippen LogP contribution in [0, 0.1) is 0 Å². The average molecular weight is 417 g/mol. The van der Waals surface area contributed by atoms with Gasteiger partial charge in [0.2, 0.25) is 0 Å². The van der Waals surface area contributed by atoms with Crippen LogP contribution in [-0.4, -0.2) is 17.6 Å². The fourth-order valence-corrected chi connectivity index (χ4v) is 3.58. The van der Waals surface area contributed by atoms with Crippen molar-refractivity contribution in [2.75, 3.05) is 5.32 Å². The number of anilines is 1. The molecule has 1 amide bonds. The molecular weight excluding hydrogens is 392 g/mol. The molecule has 0 aromatic heterocycles. The Morgan fingerprint density at radius 1 is 1.19 bits per heavy atom. The number of benzene rings is 2. The van der Waals surface area contributed by atoms with Gasteiger partial charge in [-0.1, -0.05) is 6.07 Å². The van der Waals surface area contributed by atoms with Gasteiger partial charge in [-0.05, 0) is 91.5 Å². The van der Waals surface area contributed by atoms with Gasteiger partial charge in [-0.3, -0.25) is 4.79 Å². The van der Waals surface area contributed by atoms with Gasteiger partial charge in [0.05, 0.1) is 10.6 Å². The second kappa shape index (κ2) is 7.41. The zero-order valence-corrected chi connectivity index (χ0v) is 17.2. The molecule has 0 unspecified atom stereocenters. The lowest BCUT2D eigenvalue weighted by molar-refractivity contribution is 0.102. The highest BCUT2D eigenvalue weighted by Crippen LogP contribution is 2.28. The molecule has 5 heteroatoms. The third-order valence-electron chi connectivity index (χ3n) is 4.41. The first-order valence-electron chi connectivity index (χ1n) is 8.88. The van der Waals surface area contributed by atoms with Gasteiger partial charge in [0.15, 0.2) is 0 Å². The molecule has 0 atom stereocenters. The molecule has 0 bridgehead atoms. The van der Waals surface area contributed by atoms with Gasteiger partial charge in [-0.15, -0.1) is 0 Å². The minimum atomic E-state index is -0.133. The lowest BCUT2D eigenvalue weighted by atomic mass is 9.87. The number of rotatable bonds is 4. The van der Waals surface area contributed by atoms with E-state index in [0.717, 1.165) is 28.9 Å². The lowest BCUT2D eigenvalue weighted by Crippen LogP contribution is -2.44. The molecule has 2 N–H and O–H groups in total. The van der Waals surface area contributed by atoms with Crippen LogP contribution in [0.25, 0.3) is 0 Å². The van der Waals surface area contributed by atoms with Gasteiger partial charge in [0, 0.05) is 23.3 Å². The Bertz CT molecular complexity index is 831. The number of carbonyl (C=O) groups is 1. The van der Waals surface area contributed by atoms with Crippen molar-refractivity contribution in [3.63, 3.8) is 0 Å². The number of hydrogen-bond donors (Lipinski definition) is 2. The molecule has 1 heterocycles. The van der Waals surface area contributed by atoms with E-state index in [0.29, 0.717) is 5.56 Å². The van der Waals surface area contributed by atoms with Gasteiger partial charge in [-0.2, -0.15) is 0 Å². The molecule has 0 saturated heterocycles. The smallest absolute Gasteiger partial charge is 0.255 e. The normalized spacial score (nSPS) is 15.5. The first-order chi connectivity index (χ1) is 12.2. The molecular formula is C21H25BrN2O2. The molecule has 26 heavy (non-hydrogen) atoms. The lowest BCUT2D eigenvalue weighted by Gasteiger charge is -2.33. The molecule has 4 nitrogen and oxygen atoms in total. The second-order valence-corrected chi connectivity index (χ2v) is 8.52. The molecule has 1 aliphatic heterocycles. The fourth-order valence-electron chi connectivity index (χ4n) is 3.11. The third-order valence-corrected chi connectivity index (χ3v) is 5.03. The van der Waals surface area contributed by atoms with Crippen LogP contribution in [-0.2, 0) is 13.0 Å². The highest BCUT2D eigenvalue weighted by Gasteiger charge is 2.24. The summed E-state index contributed by atoms with van der Waals surface area (Å²) in [6, 6.07) is 11.5. The van der Waals surface area contributed by atoms with Gasteiger partial charge < -0.3 is 15.4 Å². The summed E-state index contributed by atoms with van der Waals surface area (Å²) in [5, 5.41) is 6.51. The quantitative estimate of drug-likeness (QED) is 0.743. The van der Waals surface area contributed by atoms with Crippen molar-refractivity contribution in [2.45, 2.75) is 52.3 Å². The molecule has 138 valence electrons. The molecule has 0 aliphatic carbocycles. The van der Waals surface area contributed by atoms with Crippen LogP contribution in [0.4, 0.5) is 5.69 Å². The minimum absolute atomic E-state index is 0.0834. The summed E-state index contributed by atoms with van der Waals surface area (Å²) in [5.74, 6) is 0.602. The van der Waals surface area contributed by atoms with Crippen LogP contribution >= 0.6 is 15.9 Å². The fraction of sp³-hybridized carbons (Fsp3) is 0.381. The number of carbonyl (C=O) groups excluding carboxylic acids is 1. The summed E-state index contributed by atoms with van der Waals surface area (Å²) in [5.41, 5.74) is 4.09. The standard InChI is InChI=1S/C21H25BrN2O2/c1-13(2)26-19-8-6-14(10-18(19)22)20(25)24-17-7-5-15-11-21(3,4)23-12-16(15)9-17/h5-10,13,23H,11-12H2,1-4H3,(H,24,25). The summed E-state index contributed by atoms with van der Waals surface area (Å²) < 4.78 is 6.47. The molecule has 2 aromatic carbocycles. The Balaban J connectivity index is 1.73. The van der Waals surface area contributed by atoms with Gasteiger partial charge >= 0.3 is 0 Å². The van der Waals surface area contributed by atoms with Crippen LogP contribution in [0.2, 0.25) is 0 Å². The first-order valence-corrected chi connectivity index (χ1v) is 9.67. The molecule has 3 rings (SSSR count). The maximum Gasteiger partial charge on any atom is 0.255 e. The Morgan fingerprint density at radius 2 is 1.96 bits per heavy atom. The van der Waals surface area contributed by atoms with E-state index in [2.05, 4.69) is 52.5 Å². The zero-order valence-electron chi connectivity index (χ0n) is 15.7. The van der Waals surface area contributed by atoms with Crippen molar-refractivity contribution < 1.29 is 9.53 Å². The number of ether oxygens (including phenoxy) is 1. The van der Waals surface area contributed by atoms with E-state index < -0.39 is 0 Å². The predicted octanol–water partition coefficient (Wildman–Crippen LogP) is 4.91. The van der Waals surface area contributed by atoms with E-state index in [-0.39, 0.29) is 17.6 Å². The molecule has 2 aromatic rings. The topological polar surface area (TPSA) is 50.4 Å². The number of nitrogens with one attached hydrogen (secondary N) is 2. The van der Waals surface area contributed by atoms with Crippen molar-refractivity contribution in [1.29, 1.82) is 0 Å².